The van der Waals surface area contributed by atoms with E-state index >= 15 is 0 Å². The summed E-state index contributed by atoms with van der Waals surface area (Å²) in [7, 11) is 3.06. The number of benzene rings is 1. The molecular formula is C27H35N5O8. The monoisotopic (exact) mass is 557 g/mol. The van der Waals surface area contributed by atoms with Crippen LogP contribution in [0.5, 0.6) is 5.75 Å². The maximum absolute atomic E-state index is 14.0. The number of phenolic OH excluding ortho intramolecular Hbond substituents is 1. The van der Waals surface area contributed by atoms with Gasteiger partial charge in [-0.15, -0.1) is 0 Å². The summed E-state index contributed by atoms with van der Waals surface area (Å²) in [6, 6.07) is 0.378. The first-order chi connectivity index (χ1) is 18.8. The van der Waals surface area contributed by atoms with Crippen LogP contribution in [0.3, 0.4) is 0 Å². The summed E-state index contributed by atoms with van der Waals surface area (Å²) in [4.78, 5) is 82.2. The van der Waals surface area contributed by atoms with Crippen LogP contribution >= 0.6 is 0 Å². The van der Waals surface area contributed by atoms with Gasteiger partial charge in [-0.05, 0) is 58.3 Å². The van der Waals surface area contributed by atoms with Gasteiger partial charge >= 0.3 is 0 Å². The zero-order valence-electron chi connectivity index (χ0n) is 22.9. The first kappa shape index (κ1) is 29.3. The third-order valence-electron chi connectivity index (χ3n) is 8.60. The lowest BCUT2D eigenvalue weighted by Gasteiger charge is -2.52. The zero-order valence-corrected chi connectivity index (χ0v) is 22.9. The van der Waals surface area contributed by atoms with Crippen molar-refractivity contribution in [2.45, 2.75) is 38.3 Å². The quantitative estimate of drug-likeness (QED) is 0.194. The number of primary amides is 1. The number of carbonyl (C=O) groups is 6. The minimum atomic E-state index is -2.81. The molecule has 3 aliphatic carbocycles. The number of nitrogens with two attached hydrogens (primary N) is 2. The van der Waals surface area contributed by atoms with Crippen LogP contribution in [0.2, 0.25) is 0 Å². The number of nitrogens with one attached hydrogen (secondary N) is 1. The maximum Gasteiger partial charge on any atom is 0.238 e. The van der Waals surface area contributed by atoms with Crippen LogP contribution in [0.15, 0.2) is 6.07 Å². The van der Waals surface area contributed by atoms with Gasteiger partial charge in [0, 0.05) is 24.7 Å². The Morgan fingerprint density at radius 1 is 1.12 bits per heavy atom. The lowest BCUT2D eigenvalue weighted by molar-refractivity contribution is -0.181. The fourth-order valence-electron chi connectivity index (χ4n) is 6.80. The number of amides is 2. The molecule has 0 heterocycles. The summed E-state index contributed by atoms with van der Waals surface area (Å²) in [6.45, 7) is 4.48. The standard InChI is InChI=1S/C27H35N5O8/c1-5-32(6-2)15-9-14(30-16(33)10-28)21(34)18-12(15)7-11-8-13-20(31(3)4)23(36)19(26(29)39)25(38)27(13,40)24(37)17(11)22(18)35/h9,11,13,17,19-20,34,40H,5-8,10,28H2,1-4H3,(H2,29,39)(H,30,33)/t11?,13?,17?,19?,20-,27-/m0/s1. The molecule has 6 atom stereocenters. The van der Waals surface area contributed by atoms with Crippen molar-refractivity contribution in [1.29, 1.82) is 0 Å². The number of anilines is 2. The minimum Gasteiger partial charge on any atom is -0.505 e. The van der Waals surface area contributed by atoms with Crippen molar-refractivity contribution in [2.24, 2.45) is 35.1 Å². The molecule has 2 amide bonds. The highest BCUT2D eigenvalue weighted by Crippen LogP contribution is 2.52. The van der Waals surface area contributed by atoms with Gasteiger partial charge in [-0.1, -0.05) is 0 Å². The minimum absolute atomic E-state index is 0.0476. The molecule has 7 N–H and O–H groups in total. The number of Topliss-reactive ketones (excluding diaryl/α,β-unsaturated/α-hetero) is 4. The first-order valence-electron chi connectivity index (χ1n) is 13.2. The normalized spacial score (nSPS) is 29.5. The van der Waals surface area contributed by atoms with Gasteiger partial charge in [0.1, 0.15) is 5.75 Å². The fraction of sp³-hybridized carbons (Fsp3) is 0.556. The van der Waals surface area contributed by atoms with Crippen molar-refractivity contribution in [3.8, 4) is 5.75 Å². The number of fused-ring (bicyclic) bond motifs is 3. The summed E-state index contributed by atoms with van der Waals surface area (Å²) >= 11 is 0. The molecule has 0 radical (unpaired) electrons. The SMILES string of the molecule is CCN(CC)c1cc(NC(=O)CN)c(O)c2c1CC1CC3[C@H](N(C)C)C(=O)C(C(N)=O)C(=O)[C@@]3(O)C(=O)C1C2=O. The zero-order chi connectivity index (χ0) is 29.8. The molecule has 0 spiro atoms. The van der Waals surface area contributed by atoms with Gasteiger partial charge in [-0.25, -0.2) is 0 Å². The van der Waals surface area contributed by atoms with E-state index in [1.807, 2.05) is 18.7 Å². The van der Waals surface area contributed by atoms with Crippen molar-refractivity contribution < 1.29 is 39.0 Å². The summed E-state index contributed by atoms with van der Waals surface area (Å²) in [6.07, 6.45) is 0.0738. The van der Waals surface area contributed by atoms with Gasteiger partial charge in [-0.3, -0.25) is 33.7 Å². The van der Waals surface area contributed by atoms with Crippen molar-refractivity contribution in [3.63, 3.8) is 0 Å². The summed E-state index contributed by atoms with van der Waals surface area (Å²) in [5.41, 5.74) is 8.73. The van der Waals surface area contributed by atoms with Crippen LogP contribution in [0.4, 0.5) is 11.4 Å². The number of hydrogen-bond donors (Lipinski definition) is 5. The van der Waals surface area contributed by atoms with Gasteiger partial charge in [-0.2, -0.15) is 0 Å². The number of phenols is 1. The summed E-state index contributed by atoms with van der Waals surface area (Å²) in [5.74, 6) is -12.0. The van der Waals surface area contributed by atoms with E-state index < -0.39 is 76.0 Å². The molecule has 40 heavy (non-hydrogen) atoms. The van der Waals surface area contributed by atoms with E-state index in [1.54, 1.807) is 6.07 Å². The van der Waals surface area contributed by atoms with Crippen molar-refractivity contribution in [2.75, 3.05) is 43.9 Å². The Hall–Kier alpha value is -3.68. The molecule has 0 aromatic heterocycles. The molecular weight excluding hydrogens is 522 g/mol. The second-order valence-corrected chi connectivity index (χ2v) is 10.9. The van der Waals surface area contributed by atoms with Crippen LogP contribution in [-0.4, -0.2) is 95.4 Å². The average Bonchev–Trinajstić information content (AvgIpc) is 2.88. The van der Waals surface area contributed by atoms with E-state index in [2.05, 4.69) is 5.32 Å². The van der Waals surface area contributed by atoms with Crippen LogP contribution < -0.4 is 21.7 Å². The van der Waals surface area contributed by atoms with Crippen molar-refractivity contribution in [3.05, 3.63) is 17.2 Å². The van der Waals surface area contributed by atoms with Crippen LogP contribution in [0.25, 0.3) is 0 Å². The Morgan fingerprint density at radius 3 is 2.27 bits per heavy atom. The molecule has 3 aliphatic rings. The van der Waals surface area contributed by atoms with Crippen LogP contribution in [0.1, 0.15) is 36.2 Å². The Labute approximate surface area is 230 Å². The lowest BCUT2D eigenvalue weighted by atomic mass is 9.52. The summed E-state index contributed by atoms with van der Waals surface area (Å²) < 4.78 is 0. The number of likely N-dealkylation sites (N-methyl/N-ethyl adjacent to an activating group) is 1. The van der Waals surface area contributed by atoms with Crippen LogP contribution in [-0.2, 0) is 30.4 Å². The van der Waals surface area contributed by atoms with Gasteiger partial charge in [0.25, 0.3) is 0 Å². The van der Waals surface area contributed by atoms with Gasteiger partial charge in [0.15, 0.2) is 34.7 Å². The van der Waals surface area contributed by atoms with Gasteiger partial charge in [0.2, 0.25) is 11.8 Å². The molecule has 216 valence electrons. The molecule has 1 aromatic rings. The first-order valence-corrected chi connectivity index (χ1v) is 13.2. The van der Waals surface area contributed by atoms with E-state index in [0.29, 0.717) is 24.3 Å². The fourth-order valence-corrected chi connectivity index (χ4v) is 6.80. The molecule has 4 unspecified atom stereocenters. The Morgan fingerprint density at radius 2 is 1.75 bits per heavy atom. The largest absolute Gasteiger partial charge is 0.505 e. The Balaban J connectivity index is 1.91. The van der Waals surface area contributed by atoms with E-state index in [-0.39, 0.29) is 30.6 Å². The van der Waals surface area contributed by atoms with E-state index in [9.17, 15) is 39.0 Å². The van der Waals surface area contributed by atoms with E-state index in [0.717, 1.165) is 0 Å². The number of aliphatic hydroxyl groups is 1. The predicted molar refractivity (Wildman–Crippen MR) is 143 cm³/mol. The molecule has 0 aliphatic heterocycles. The predicted octanol–water partition coefficient (Wildman–Crippen LogP) is -1.39. The Kier molecular flexibility index (Phi) is 7.60. The molecule has 13 heteroatoms. The smallest absolute Gasteiger partial charge is 0.238 e. The molecule has 13 nitrogen and oxygen atoms in total. The van der Waals surface area contributed by atoms with Crippen molar-refractivity contribution >= 4 is 46.3 Å². The molecule has 2 saturated carbocycles. The van der Waals surface area contributed by atoms with E-state index in [4.69, 9.17) is 11.5 Å². The number of ketones is 4. The molecule has 0 bridgehead atoms. The number of aromatic hydroxyl groups is 1. The number of nitrogens with zero attached hydrogens (tertiary/aromatic N) is 2. The highest BCUT2D eigenvalue weighted by atomic mass is 16.3. The number of carbonyl (C=O) groups excluding carboxylic acids is 6. The molecule has 1 aromatic carbocycles. The highest BCUT2D eigenvalue weighted by Gasteiger charge is 2.69. The van der Waals surface area contributed by atoms with Gasteiger partial charge < -0.3 is 31.9 Å². The van der Waals surface area contributed by atoms with Crippen LogP contribution in [0, 0.1) is 23.7 Å². The molecule has 4 rings (SSSR count). The topological polar surface area (TPSA) is 213 Å². The Bertz CT molecular complexity index is 1320. The number of rotatable bonds is 7. The van der Waals surface area contributed by atoms with E-state index in [1.165, 1.54) is 19.0 Å². The molecule has 0 saturated heterocycles. The number of hydrogen-bond acceptors (Lipinski definition) is 11. The second-order valence-electron chi connectivity index (χ2n) is 10.9. The van der Waals surface area contributed by atoms with Crippen molar-refractivity contribution in [1.82, 2.24) is 4.90 Å². The average molecular weight is 558 g/mol. The lowest BCUT2D eigenvalue weighted by Crippen LogP contribution is -2.74. The third-order valence-corrected chi connectivity index (χ3v) is 8.60. The second kappa shape index (κ2) is 10.4. The summed E-state index contributed by atoms with van der Waals surface area (Å²) in [5, 5.41) is 25.3. The highest BCUT2D eigenvalue weighted by molar-refractivity contribution is 6.32. The molecule has 2 fully saturated rings. The maximum atomic E-state index is 14.0. The van der Waals surface area contributed by atoms with Gasteiger partial charge in [0.05, 0.1) is 29.8 Å². The third kappa shape index (κ3) is 4.11.